The molecule has 6 nitrogen and oxygen atoms in total. The Bertz CT molecular complexity index is 980. The molecule has 0 amide bonds. The third kappa shape index (κ3) is 3.67. The Morgan fingerprint density at radius 2 is 1.93 bits per heavy atom. The maximum Gasteiger partial charge on any atom is 0.348 e. The third-order valence-corrected chi connectivity index (χ3v) is 6.23. The number of hydrogen-bond acceptors (Lipinski definition) is 6. The Morgan fingerprint density at radius 3 is 2.64 bits per heavy atom. The van der Waals surface area contributed by atoms with Gasteiger partial charge in [-0.2, -0.15) is 0 Å². The van der Waals surface area contributed by atoms with Crippen LogP contribution in [0.1, 0.15) is 31.2 Å². The van der Waals surface area contributed by atoms with Gasteiger partial charge in [0.05, 0.1) is 0 Å². The summed E-state index contributed by atoms with van der Waals surface area (Å²) in [5, 5.41) is 22.5. The monoisotopic (exact) mass is 397 g/mol. The molecule has 28 heavy (non-hydrogen) atoms. The van der Waals surface area contributed by atoms with Crippen molar-refractivity contribution < 1.29 is 14.6 Å². The smallest absolute Gasteiger partial charge is 0.348 e. The first-order valence-electron chi connectivity index (χ1n) is 9.58. The van der Waals surface area contributed by atoms with Crippen molar-refractivity contribution in [3.8, 4) is 5.75 Å². The van der Waals surface area contributed by atoms with Crippen LogP contribution >= 0.6 is 11.3 Å². The van der Waals surface area contributed by atoms with Crippen molar-refractivity contribution in [2.24, 2.45) is 0 Å². The maximum absolute atomic E-state index is 12.1. The van der Waals surface area contributed by atoms with Gasteiger partial charge in [0.1, 0.15) is 10.8 Å². The first-order valence-corrected chi connectivity index (χ1v) is 10.4. The normalized spacial score (nSPS) is 16.2. The van der Waals surface area contributed by atoms with Crippen LogP contribution in [0.5, 0.6) is 5.75 Å². The van der Waals surface area contributed by atoms with Gasteiger partial charge < -0.3 is 14.7 Å². The van der Waals surface area contributed by atoms with E-state index in [1.807, 2.05) is 42.5 Å². The minimum Gasteiger partial charge on any atom is -0.478 e. The van der Waals surface area contributed by atoms with Crippen LogP contribution in [0.2, 0.25) is 0 Å². The molecular formula is C21H23N3O3S. The van der Waals surface area contributed by atoms with Crippen LogP contribution in [-0.2, 0) is 11.2 Å². The van der Waals surface area contributed by atoms with E-state index in [1.165, 1.54) is 0 Å². The molecule has 0 unspecified atom stereocenters. The number of carboxylic acid groups (broad SMARTS) is 1. The van der Waals surface area contributed by atoms with Crippen molar-refractivity contribution >= 4 is 33.2 Å². The molecule has 0 aliphatic carbocycles. The summed E-state index contributed by atoms with van der Waals surface area (Å²) in [6.07, 6.45) is 2.77. The van der Waals surface area contributed by atoms with E-state index in [2.05, 4.69) is 22.0 Å². The van der Waals surface area contributed by atoms with Gasteiger partial charge in [0.25, 0.3) is 0 Å². The van der Waals surface area contributed by atoms with E-state index in [1.54, 1.807) is 11.3 Å². The molecule has 0 saturated carbocycles. The van der Waals surface area contributed by atoms with Crippen LogP contribution in [0, 0.1) is 0 Å². The second kappa shape index (κ2) is 7.75. The number of piperidine rings is 1. The maximum atomic E-state index is 12.1. The van der Waals surface area contributed by atoms with Crippen LogP contribution in [0.15, 0.2) is 42.5 Å². The van der Waals surface area contributed by atoms with Crippen LogP contribution in [-0.4, -0.2) is 40.0 Å². The fourth-order valence-electron chi connectivity index (χ4n) is 3.56. The zero-order valence-electron chi connectivity index (χ0n) is 15.8. The number of carboxylic acids is 1. The molecule has 2 heterocycles. The fraction of sp³-hybridized carbons (Fsp3) is 0.381. The highest BCUT2D eigenvalue weighted by Crippen LogP contribution is 2.33. The summed E-state index contributed by atoms with van der Waals surface area (Å²) in [6, 6.07) is 13.7. The highest BCUT2D eigenvalue weighted by molar-refractivity contribution is 7.15. The van der Waals surface area contributed by atoms with Gasteiger partial charge in [-0.3, -0.25) is 0 Å². The zero-order valence-corrected chi connectivity index (χ0v) is 16.6. The summed E-state index contributed by atoms with van der Waals surface area (Å²) in [6.45, 7) is 3.29. The predicted octanol–water partition coefficient (Wildman–Crippen LogP) is 4.15. The molecule has 2 aromatic carbocycles. The molecule has 0 radical (unpaired) electrons. The Morgan fingerprint density at radius 1 is 1.18 bits per heavy atom. The minimum absolute atomic E-state index is 0.401. The van der Waals surface area contributed by atoms with E-state index in [9.17, 15) is 9.90 Å². The average Bonchev–Trinajstić information content (AvgIpc) is 3.17. The third-order valence-electron chi connectivity index (χ3n) is 5.19. The van der Waals surface area contributed by atoms with Crippen molar-refractivity contribution in [3.05, 3.63) is 47.5 Å². The second-order valence-corrected chi connectivity index (χ2v) is 8.17. The highest BCUT2D eigenvalue weighted by Gasteiger charge is 2.44. The summed E-state index contributed by atoms with van der Waals surface area (Å²) in [7, 11) is 0. The molecule has 0 atom stereocenters. The van der Waals surface area contributed by atoms with E-state index in [0.717, 1.165) is 33.8 Å². The van der Waals surface area contributed by atoms with Crippen LogP contribution < -0.4 is 9.64 Å². The number of anilines is 1. The first kappa shape index (κ1) is 18.7. The van der Waals surface area contributed by atoms with Crippen molar-refractivity contribution in [1.82, 2.24) is 10.2 Å². The number of aliphatic carboxylic acids is 1. The predicted molar refractivity (Wildman–Crippen MR) is 110 cm³/mol. The number of rotatable bonds is 6. The number of benzene rings is 2. The van der Waals surface area contributed by atoms with E-state index in [4.69, 9.17) is 4.74 Å². The van der Waals surface area contributed by atoms with Gasteiger partial charge in [0, 0.05) is 32.4 Å². The summed E-state index contributed by atoms with van der Waals surface area (Å²) >= 11 is 1.59. The van der Waals surface area contributed by atoms with Crippen LogP contribution in [0.3, 0.4) is 0 Å². The average molecular weight is 398 g/mol. The lowest BCUT2D eigenvalue weighted by molar-refractivity contribution is -0.157. The lowest BCUT2D eigenvalue weighted by Gasteiger charge is -2.38. The summed E-state index contributed by atoms with van der Waals surface area (Å²) in [5.41, 5.74) is -1.21. The number of aryl methyl sites for hydroxylation is 1. The van der Waals surface area contributed by atoms with Gasteiger partial charge in [-0.15, -0.1) is 10.2 Å². The molecule has 1 fully saturated rings. The van der Waals surface area contributed by atoms with Crippen molar-refractivity contribution in [1.29, 1.82) is 0 Å². The number of aromatic nitrogens is 2. The molecule has 7 heteroatoms. The zero-order chi connectivity index (χ0) is 19.6. The Kier molecular flexibility index (Phi) is 5.17. The van der Waals surface area contributed by atoms with Crippen LogP contribution in [0.4, 0.5) is 5.13 Å². The van der Waals surface area contributed by atoms with Gasteiger partial charge in [0.2, 0.25) is 10.7 Å². The standard InChI is InChI=1S/C21H23N3O3S/c1-2-5-18-22-23-20(28-18)24-12-10-21(11-13-24,19(25)26)27-17-9-8-15-6-3-4-7-16(15)14-17/h3-4,6-9,14H,2,5,10-13H2,1H3,(H,25,26). The second-order valence-electron chi connectivity index (χ2n) is 7.13. The quantitative estimate of drug-likeness (QED) is 0.674. The molecular weight excluding hydrogens is 374 g/mol. The van der Waals surface area contributed by atoms with Crippen molar-refractivity contribution in [3.63, 3.8) is 0 Å². The van der Waals surface area contributed by atoms with E-state index in [-0.39, 0.29) is 0 Å². The number of carbonyl (C=O) groups is 1. The lowest BCUT2D eigenvalue weighted by Crippen LogP contribution is -2.53. The molecule has 0 bridgehead atoms. The molecule has 4 rings (SSSR count). The minimum atomic E-state index is -1.21. The molecule has 1 N–H and O–H groups in total. The number of nitrogens with zero attached hydrogens (tertiary/aromatic N) is 3. The van der Waals surface area contributed by atoms with E-state index in [0.29, 0.717) is 31.7 Å². The summed E-state index contributed by atoms with van der Waals surface area (Å²) in [5.74, 6) is -0.319. The first-order chi connectivity index (χ1) is 13.6. The summed E-state index contributed by atoms with van der Waals surface area (Å²) < 4.78 is 6.08. The molecule has 1 aromatic heterocycles. The van der Waals surface area contributed by atoms with Gasteiger partial charge in [-0.25, -0.2) is 4.79 Å². The lowest BCUT2D eigenvalue weighted by atomic mass is 9.91. The van der Waals surface area contributed by atoms with Crippen molar-refractivity contribution in [2.75, 3.05) is 18.0 Å². The largest absolute Gasteiger partial charge is 0.478 e. The van der Waals surface area contributed by atoms with Crippen LogP contribution in [0.25, 0.3) is 10.8 Å². The Labute approximate surface area is 167 Å². The number of ether oxygens (including phenoxy) is 1. The SMILES string of the molecule is CCCc1nnc(N2CCC(Oc3ccc4ccccc4c3)(C(=O)O)CC2)s1. The Hall–Kier alpha value is -2.67. The fourth-order valence-corrected chi connectivity index (χ4v) is 4.55. The molecule has 1 saturated heterocycles. The van der Waals surface area contributed by atoms with Gasteiger partial charge in [-0.1, -0.05) is 48.6 Å². The van der Waals surface area contributed by atoms with E-state index < -0.39 is 11.6 Å². The topological polar surface area (TPSA) is 75.5 Å². The highest BCUT2D eigenvalue weighted by atomic mass is 32.1. The number of hydrogen-bond donors (Lipinski definition) is 1. The van der Waals surface area contributed by atoms with Crippen molar-refractivity contribution in [2.45, 2.75) is 38.2 Å². The Balaban J connectivity index is 1.50. The van der Waals surface area contributed by atoms with Gasteiger partial charge in [0.15, 0.2) is 0 Å². The van der Waals surface area contributed by atoms with E-state index >= 15 is 0 Å². The van der Waals surface area contributed by atoms with Gasteiger partial charge in [-0.05, 0) is 29.3 Å². The summed E-state index contributed by atoms with van der Waals surface area (Å²) in [4.78, 5) is 14.2. The molecule has 1 aliphatic heterocycles. The molecule has 1 aliphatic rings. The van der Waals surface area contributed by atoms with Gasteiger partial charge >= 0.3 is 5.97 Å². The molecule has 0 spiro atoms. The number of fused-ring (bicyclic) bond motifs is 1. The molecule has 146 valence electrons. The molecule has 3 aromatic rings.